The molecule has 2 saturated heterocycles. The van der Waals surface area contributed by atoms with E-state index >= 15 is 0 Å². The Morgan fingerprint density at radius 2 is 1.14 bits per heavy atom. The lowest BCUT2D eigenvalue weighted by Gasteiger charge is -2.36. The summed E-state index contributed by atoms with van der Waals surface area (Å²) in [6.07, 6.45) is 6.05. The van der Waals surface area contributed by atoms with Crippen LogP contribution in [0.25, 0.3) is 22.1 Å². The SMILES string of the molecule is CC(C)(C)OC(=O)N1CCN(c2ccc(C#N)c(F)c2)CC1.CC(C)(C)OC(=O)N1CCN(c2ccc(C#N)c(Oc3cnc4[nH]ccc4c3)c2)CC1.Oc1cnc2[nH]ccc2c1. The third kappa shape index (κ3) is 12.3. The first-order valence-corrected chi connectivity index (χ1v) is 20.4. The van der Waals surface area contributed by atoms with Crippen LogP contribution in [-0.2, 0) is 9.47 Å². The molecule has 3 N–H and O–H groups in total. The standard InChI is InChI=1S/C23H25N5O3.C16H20FN3O2.C7H6N2O/c1-23(2,3)31-22(29)28-10-8-27(9-11-28)18-5-4-17(14-24)20(13-18)30-19-12-16-6-7-25-21(16)26-15-19;1-16(2,3)22-15(21)20-8-6-19(7-9-20)13-5-4-12(11-18)14(17)10-13;10-6-3-5-1-2-8-7(5)9-4-6/h4-7,12-13,15H,8-11H2,1-3H3,(H,25,26);4-5,10H,6-9H2,1-3H3;1-4,10H,(H,8,9). The molecule has 328 valence electrons. The summed E-state index contributed by atoms with van der Waals surface area (Å²) in [6.45, 7) is 15.8. The molecule has 0 aliphatic carbocycles. The number of pyridine rings is 2. The van der Waals surface area contributed by atoms with Gasteiger partial charge in [-0.2, -0.15) is 10.5 Å². The van der Waals surface area contributed by atoms with Crippen LogP contribution in [0.1, 0.15) is 52.7 Å². The topological polar surface area (TPSA) is 200 Å². The Balaban J connectivity index is 0.000000178. The quantitative estimate of drug-likeness (QED) is 0.153. The highest BCUT2D eigenvalue weighted by molar-refractivity contribution is 5.77. The number of hydrogen-bond donors (Lipinski definition) is 3. The van der Waals surface area contributed by atoms with Crippen LogP contribution < -0.4 is 14.5 Å². The lowest BCUT2D eigenvalue weighted by atomic mass is 10.1. The van der Waals surface area contributed by atoms with Crippen molar-refractivity contribution in [2.75, 3.05) is 62.2 Å². The number of nitrogens with zero attached hydrogens (tertiary/aromatic N) is 8. The highest BCUT2D eigenvalue weighted by Gasteiger charge is 2.28. The van der Waals surface area contributed by atoms with Crippen molar-refractivity contribution in [2.45, 2.75) is 52.7 Å². The number of aromatic nitrogens is 4. The smallest absolute Gasteiger partial charge is 0.410 e. The first kappa shape index (κ1) is 45.0. The van der Waals surface area contributed by atoms with Gasteiger partial charge in [0.05, 0.1) is 23.5 Å². The fraction of sp³-hybridized carbons (Fsp3) is 0.348. The van der Waals surface area contributed by atoms with Crippen LogP contribution >= 0.6 is 0 Å². The molecule has 0 spiro atoms. The number of anilines is 2. The van der Waals surface area contributed by atoms with Gasteiger partial charge >= 0.3 is 12.2 Å². The van der Waals surface area contributed by atoms with E-state index in [4.69, 9.17) is 24.6 Å². The van der Waals surface area contributed by atoms with Crippen LogP contribution in [0, 0.1) is 28.5 Å². The zero-order chi connectivity index (χ0) is 45.3. The van der Waals surface area contributed by atoms with E-state index in [9.17, 15) is 19.2 Å². The van der Waals surface area contributed by atoms with Gasteiger partial charge in [0.2, 0.25) is 0 Å². The van der Waals surface area contributed by atoms with Crippen molar-refractivity contribution in [3.8, 4) is 29.4 Å². The van der Waals surface area contributed by atoms with Gasteiger partial charge in [-0.1, -0.05) is 0 Å². The highest BCUT2D eigenvalue weighted by atomic mass is 19.1. The molecular weight excluding hydrogens is 808 g/mol. The molecular formula is C46H51FN10O6. The number of piperazine rings is 2. The predicted molar refractivity (Wildman–Crippen MR) is 236 cm³/mol. The van der Waals surface area contributed by atoms with Crippen molar-refractivity contribution >= 4 is 45.6 Å². The molecule has 16 nitrogen and oxygen atoms in total. The van der Waals surface area contributed by atoms with E-state index in [1.165, 1.54) is 18.3 Å². The fourth-order valence-electron chi connectivity index (χ4n) is 6.65. The largest absolute Gasteiger partial charge is 0.506 e. The highest BCUT2D eigenvalue weighted by Crippen LogP contribution is 2.31. The zero-order valence-electron chi connectivity index (χ0n) is 36.2. The Morgan fingerprint density at radius 3 is 1.63 bits per heavy atom. The molecule has 6 aromatic rings. The van der Waals surface area contributed by atoms with Gasteiger partial charge in [0, 0.05) is 93.0 Å². The van der Waals surface area contributed by atoms with E-state index in [1.807, 2.05) is 83.0 Å². The number of rotatable bonds is 4. The van der Waals surface area contributed by atoms with Gasteiger partial charge in [0.15, 0.2) is 0 Å². The predicted octanol–water partition coefficient (Wildman–Crippen LogP) is 8.31. The monoisotopic (exact) mass is 858 g/mol. The van der Waals surface area contributed by atoms with Crippen molar-refractivity contribution in [3.05, 3.63) is 102 Å². The fourth-order valence-corrected chi connectivity index (χ4v) is 6.65. The molecule has 0 bridgehead atoms. The number of amides is 2. The van der Waals surface area contributed by atoms with Gasteiger partial charge in [0.1, 0.15) is 57.7 Å². The lowest BCUT2D eigenvalue weighted by Crippen LogP contribution is -2.50. The minimum Gasteiger partial charge on any atom is -0.506 e. The molecule has 2 aliphatic heterocycles. The van der Waals surface area contributed by atoms with Gasteiger partial charge in [-0.05, 0) is 96.1 Å². The van der Waals surface area contributed by atoms with Crippen LogP contribution in [0.2, 0.25) is 0 Å². The Hall–Kier alpha value is -7.53. The summed E-state index contributed by atoms with van der Waals surface area (Å²) >= 11 is 0. The van der Waals surface area contributed by atoms with Gasteiger partial charge in [-0.25, -0.2) is 23.9 Å². The second-order valence-electron chi connectivity index (χ2n) is 16.8. The number of hydrogen-bond acceptors (Lipinski definition) is 12. The Morgan fingerprint density at radius 1 is 0.667 bits per heavy atom. The Kier molecular flexibility index (Phi) is 13.9. The molecule has 6 heterocycles. The maximum atomic E-state index is 13.7. The van der Waals surface area contributed by atoms with Gasteiger partial charge in [-0.3, -0.25) is 0 Å². The molecule has 8 rings (SSSR count). The number of benzene rings is 2. The minimum absolute atomic E-state index is 0.0381. The zero-order valence-corrected chi connectivity index (χ0v) is 36.2. The minimum atomic E-state index is -0.519. The van der Waals surface area contributed by atoms with Crippen LogP contribution in [0.15, 0.2) is 85.5 Å². The molecule has 2 aromatic carbocycles. The summed E-state index contributed by atoms with van der Waals surface area (Å²) in [5.41, 5.74) is 2.72. The first-order valence-electron chi connectivity index (χ1n) is 20.4. The maximum absolute atomic E-state index is 13.7. The van der Waals surface area contributed by atoms with Gasteiger partial charge in [0.25, 0.3) is 0 Å². The normalized spacial score (nSPS) is 14.1. The first-order chi connectivity index (χ1) is 30.0. The van der Waals surface area contributed by atoms with E-state index in [0.717, 1.165) is 33.4 Å². The molecule has 63 heavy (non-hydrogen) atoms. The summed E-state index contributed by atoms with van der Waals surface area (Å²) in [7, 11) is 0. The van der Waals surface area contributed by atoms with Crippen LogP contribution in [0.3, 0.4) is 0 Å². The molecule has 2 aliphatic rings. The number of carbonyl (C=O) groups excluding carboxylic acids is 2. The van der Waals surface area contributed by atoms with Gasteiger partial charge < -0.3 is 48.9 Å². The molecule has 0 radical (unpaired) electrons. The van der Waals surface area contributed by atoms with E-state index in [-0.39, 0.29) is 23.5 Å². The van der Waals surface area contributed by atoms with Crippen molar-refractivity contribution in [1.29, 1.82) is 10.5 Å². The van der Waals surface area contributed by atoms with Crippen LogP contribution in [-0.4, -0.2) is 111 Å². The summed E-state index contributed by atoms with van der Waals surface area (Å²) < 4.78 is 30.5. The second kappa shape index (κ2) is 19.5. The molecule has 0 saturated carbocycles. The number of H-pyrrole nitrogens is 2. The van der Waals surface area contributed by atoms with E-state index in [2.05, 4.69) is 30.9 Å². The summed E-state index contributed by atoms with van der Waals surface area (Å²) in [5, 5.41) is 29.1. The number of aromatic amines is 2. The molecule has 4 aromatic heterocycles. The van der Waals surface area contributed by atoms with Crippen molar-refractivity contribution in [1.82, 2.24) is 29.7 Å². The second-order valence-corrected chi connectivity index (χ2v) is 16.8. The number of ether oxygens (including phenoxy) is 3. The van der Waals surface area contributed by atoms with Crippen molar-refractivity contribution in [2.24, 2.45) is 0 Å². The Bertz CT molecular complexity index is 2620. The maximum Gasteiger partial charge on any atom is 0.410 e. The number of carbonyl (C=O) groups is 2. The number of nitrogens with one attached hydrogen (secondary N) is 2. The van der Waals surface area contributed by atoms with Crippen molar-refractivity contribution in [3.63, 3.8) is 0 Å². The molecule has 0 unspecified atom stereocenters. The van der Waals surface area contributed by atoms with E-state index < -0.39 is 17.0 Å². The van der Waals surface area contributed by atoms with Crippen LogP contribution in [0.4, 0.5) is 25.4 Å². The van der Waals surface area contributed by atoms with Crippen molar-refractivity contribution < 1.29 is 33.3 Å². The lowest BCUT2D eigenvalue weighted by molar-refractivity contribution is 0.0230. The average molecular weight is 859 g/mol. The number of fused-ring (bicyclic) bond motifs is 2. The Labute approximate surface area is 365 Å². The van der Waals surface area contributed by atoms with Gasteiger partial charge in [-0.15, -0.1) is 0 Å². The average Bonchev–Trinajstić information content (AvgIpc) is 3.92. The molecule has 2 fully saturated rings. The summed E-state index contributed by atoms with van der Waals surface area (Å²) in [5.74, 6) is 0.725. The number of halogens is 1. The third-order valence-electron chi connectivity index (χ3n) is 9.74. The number of nitriles is 2. The van der Waals surface area contributed by atoms with E-state index in [1.54, 1.807) is 46.5 Å². The van der Waals surface area contributed by atoms with Crippen LogP contribution in [0.5, 0.6) is 17.2 Å². The summed E-state index contributed by atoms with van der Waals surface area (Å²) in [4.78, 5) is 46.1. The number of aromatic hydroxyl groups is 1. The third-order valence-corrected chi connectivity index (χ3v) is 9.74. The summed E-state index contributed by atoms with van der Waals surface area (Å²) in [6, 6.07) is 21.4. The molecule has 0 atom stereocenters. The molecule has 2 amide bonds. The van der Waals surface area contributed by atoms with E-state index in [0.29, 0.717) is 69.4 Å². The molecule has 17 heteroatoms.